The molecule has 0 saturated heterocycles. The van der Waals surface area contributed by atoms with Gasteiger partial charge in [-0.1, -0.05) is 0 Å². The maximum Gasteiger partial charge on any atom is 0.133 e. The zero-order valence-corrected chi connectivity index (χ0v) is 11.3. The fourth-order valence-corrected chi connectivity index (χ4v) is 2.85. The Labute approximate surface area is 107 Å². The predicted molar refractivity (Wildman–Crippen MR) is 69.8 cm³/mol. The highest BCUT2D eigenvalue weighted by molar-refractivity contribution is 9.10. The van der Waals surface area contributed by atoms with Crippen molar-refractivity contribution in [1.29, 1.82) is 0 Å². The van der Waals surface area contributed by atoms with Gasteiger partial charge in [0.2, 0.25) is 0 Å². The largest absolute Gasteiger partial charge is 0.232 e. The molecule has 2 heterocycles. The minimum atomic E-state index is 0.593. The molecule has 0 aromatic carbocycles. The number of thiophene rings is 1. The molecule has 0 spiro atoms. The van der Waals surface area contributed by atoms with Crippen molar-refractivity contribution in [2.75, 3.05) is 0 Å². The second kappa shape index (κ2) is 3.93. The van der Waals surface area contributed by atoms with Crippen molar-refractivity contribution in [2.45, 2.75) is 25.7 Å². The number of hydrogen-bond acceptors (Lipinski definition) is 3. The van der Waals surface area contributed by atoms with Gasteiger partial charge >= 0.3 is 0 Å². The summed E-state index contributed by atoms with van der Waals surface area (Å²) in [5, 5.41) is 2.11. The molecule has 0 N–H and O–H groups in total. The number of hydrogen-bond donors (Lipinski definition) is 0. The first-order valence-electron chi connectivity index (χ1n) is 5.33. The van der Waals surface area contributed by atoms with Gasteiger partial charge in [0, 0.05) is 16.4 Å². The molecule has 1 aliphatic rings. The maximum atomic E-state index is 4.66. The highest BCUT2D eigenvalue weighted by Crippen LogP contribution is 2.39. The normalized spacial score (nSPS) is 15.4. The Bertz CT molecular complexity index is 532. The summed E-state index contributed by atoms with van der Waals surface area (Å²) in [4.78, 5) is 10.4. The lowest BCUT2D eigenvalue weighted by molar-refractivity contribution is 0.919. The molecule has 1 aliphatic carbocycles. The number of aryl methyl sites for hydroxylation is 1. The minimum Gasteiger partial charge on any atom is -0.232 e. The van der Waals surface area contributed by atoms with Crippen LogP contribution in [-0.2, 0) is 0 Å². The van der Waals surface area contributed by atoms with Gasteiger partial charge < -0.3 is 0 Å². The standard InChI is InChI=1S/C12H11BrN2S/c1-7-9(4-5-16-7)10-6-11(13)15-12(14-10)8-2-3-8/h4-6,8H,2-3H2,1H3. The van der Waals surface area contributed by atoms with Crippen molar-refractivity contribution >= 4 is 27.3 Å². The molecule has 2 aromatic rings. The Morgan fingerprint density at radius 1 is 1.38 bits per heavy atom. The van der Waals surface area contributed by atoms with Gasteiger partial charge in [-0.3, -0.25) is 0 Å². The van der Waals surface area contributed by atoms with E-state index in [2.05, 4.69) is 44.3 Å². The third-order valence-corrected chi connectivity index (χ3v) is 4.04. The van der Waals surface area contributed by atoms with Crippen LogP contribution >= 0.6 is 27.3 Å². The summed E-state index contributed by atoms with van der Waals surface area (Å²) in [5.74, 6) is 1.59. The van der Waals surface area contributed by atoms with Gasteiger partial charge in [0.15, 0.2) is 0 Å². The molecule has 16 heavy (non-hydrogen) atoms. The van der Waals surface area contributed by atoms with Gasteiger partial charge in [-0.05, 0) is 53.2 Å². The molecule has 0 bridgehead atoms. The van der Waals surface area contributed by atoms with Crippen molar-refractivity contribution in [3.63, 3.8) is 0 Å². The Balaban J connectivity index is 2.10. The van der Waals surface area contributed by atoms with Gasteiger partial charge in [0.25, 0.3) is 0 Å². The fourth-order valence-electron chi connectivity index (χ4n) is 1.75. The van der Waals surface area contributed by atoms with E-state index < -0.39 is 0 Å². The van der Waals surface area contributed by atoms with Gasteiger partial charge in [0.05, 0.1) is 5.69 Å². The average molecular weight is 295 g/mol. The van der Waals surface area contributed by atoms with Crippen LogP contribution in [0.15, 0.2) is 22.1 Å². The highest BCUT2D eigenvalue weighted by Gasteiger charge is 2.27. The molecule has 0 radical (unpaired) electrons. The second-order valence-electron chi connectivity index (χ2n) is 4.10. The minimum absolute atomic E-state index is 0.593. The second-order valence-corrected chi connectivity index (χ2v) is 6.03. The van der Waals surface area contributed by atoms with E-state index in [1.165, 1.54) is 23.3 Å². The van der Waals surface area contributed by atoms with Crippen LogP contribution in [0, 0.1) is 6.92 Å². The summed E-state index contributed by atoms with van der Waals surface area (Å²) < 4.78 is 0.894. The Morgan fingerprint density at radius 3 is 2.81 bits per heavy atom. The van der Waals surface area contributed by atoms with Crippen LogP contribution in [0.4, 0.5) is 0 Å². The lowest BCUT2D eigenvalue weighted by atomic mass is 10.2. The zero-order chi connectivity index (χ0) is 11.1. The monoisotopic (exact) mass is 294 g/mol. The molecular weight excluding hydrogens is 284 g/mol. The third-order valence-electron chi connectivity index (χ3n) is 2.79. The number of halogens is 1. The average Bonchev–Trinajstić information content (AvgIpc) is 3.01. The van der Waals surface area contributed by atoms with Gasteiger partial charge in [-0.15, -0.1) is 11.3 Å². The van der Waals surface area contributed by atoms with Crippen LogP contribution in [0.5, 0.6) is 0 Å². The summed E-state index contributed by atoms with van der Waals surface area (Å²) in [5.41, 5.74) is 2.28. The molecule has 2 aromatic heterocycles. The predicted octanol–water partition coefficient (Wildman–Crippen LogP) is 4.15. The van der Waals surface area contributed by atoms with Crippen molar-refractivity contribution in [3.8, 4) is 11.3 Å². The van der Waals surface area contributed by atoms with E-state index in [1.54, 1.807) is 11.3 Å². The van der Waals surface area contributed by atoms with Crippen LogP contribution in [0.25, 0.3) is 11.3 Å². The molecule has 82 valence electrons. The smallest absolute Gasteiger partial charge is 0.133 e. The number of nitrogens with zero attached hydrogens (tertiary/aromatic N) is 2. The first-order chi connectivity index (χ1) is 7.74. The summed E-state index contributed by atoms with van der Waals surface area (Å²) in [7, 11) is 0. The topological polar surface area (TPSA) is 25.8 Å². The van der Waals surface area contributed by atoms with Crippen molar-refractivity contribution in [2.24, 2.45) is 0 Å². The van der Waals surface area contributed by atoms with Gasteiger partial charge in [-0.25, -0.2) is 9.97 Å². The van der Waals surface area contributed by atoms with Gasteiger partial charge in [-0.2, -0.15) is 0 Å². The van der Waals surface area contributed by atoms with Crippen molar-refractivity contribution < 1.29 is 0 Å². The van der Waals surface area contributed by atoms with E-state index in [9.17, 15) is 0 Å². The molecule has 4 heteroatoms. The Hall–Kier alpha value is -0.740. The number of aromatic nitrogens is 2. The van der Waals surface area contributed by atoms with E-state index >= 15 is 0 Å². The van der Waals surface area contributed by atoms with Crippen molar-refractivity contribution in [1.82, 2.24) is 9.97 Å². The molecule has 1 fully saturated rings. The Kier molecular flexibility index (Phi) is 2.56. The summed E-state index contributed by atoms with van der Waals surface area (Å²) >= 11 is 5.23. The first-order valence-corrected chi connectivity index (χ1v) is 7.00. The molecule has 0 atom stereocenters. The van der Waals surface area contributed by atoms with E-state index in [-0.39, 0.29) is 0 Å². The van der Waals surface area contributed by atoms with Crippen molar-refractivity contribution in [3.05, 3.63) is 32.8 Å². The third kappa shape index (κ3) is 1.92. The van der Waals surface area contributed by atoms with Crippen LogP contribution in [0.2, 0.25) is 0 Å². The SMILES string of the molecule is Cc1sccc1-c1cc(Br)nc(C2CC2)n1. The number of rotatable bonds is 2. The molecule has 0 aliphatic heterocycles. The van der Waals surface area contributed by atoms with Crippen LogP contribution in [0.1, 0.15) is 29.5 Å². The van der Waals surface area contributed by atoms with E-state index in [0.29, 0.717) is 5.92 Å². The lowest BCUT2D eigenvalue weighted by Gasteiger charge is -2.03. The van der Waals surface area contributed by atoms with Crippen LogP contribution in [-0.4, -0.2) is 9.97 Å². The van der Waals surface area contributed by atoms with Crippen LogP contribution in [0.3, 0.4) is 0 Å². The zero-order valence-electron chi connectivity index (χ0n) is 8.90. The Morgan fingerprint density at radius 2 is 2.19 bits per heavy atom. The molecule has 0 unspecified atom stereocenters. The quantitative estimate of drug-likeness (QED) is 0.778. The van der Waals surface area contributed by atoms with E-state index in [0.717, 1.165) is 16.1 Å². The first kappa shape index (κ1) is 10.4. The molecule has 0 amide bonds. The molecular formula is C12H11BrN2S. The summed E-state index contributed by atoms with van der Waals surface area (Å²) in [6, 6.07) is 4.13. The highest BCUT2D eigenvalue weighted by atomic mass is 79.9. The fraction of sp³-hybridized carbons (Fsp3) is 0.333. The molecule has 3 rings (SSSR count). The molecule has 2 nitrogen and oxygen atoms in total. The summed E-state index contributed by atoms with van der Waals surface area (Å²) in [6.07, 6.45) is 2.47. The van der Waals surface area contributed by atoms with E-state index in [4.69, 9.17) is 0 Å². The summed E-state index contributed by atoms with van der Waals surface area (Å²) in [6.45, 7) is 2.13. The van der Waals surface area contributed by atoms with Gasteiger partial charge in [0.1, 0.15) is 10.4 Å². The van der Waals surface area contributed by atoms with Crippen LogP contribution < -0.4 is 0 Å². The lowest BCUT2D eigenvalue weighted by Crippen LogP contribution is -1.95. The maximum absolute atomic E-state index is 4.66. The molecule has 1 saturated carbocycles. The van der Waals surface area contributed by atoms with E-state index in [1.807, 2.05) is 6.07 Å².